The summed E-state index contributed by atoms with van der Waals surface area (Å²) in [6, 6.07) is 13.0. The number of carbonyl (C=O) groups excluding carboxylic acids is 2. The summed E-state index contributed by atoms with van der Waals surface area (Å²) in [4.78, 5) is 28.3. The maximum Gasteiger partial charge on any atom is 0.238 e. The third kappa shape index (κ3) is 5.70. The summed E-state index contributed by atoms with van der Waals surface area (Å²) in [7, 11) is 0. The Balaban J connectivity index is 1.79. The van der Waals surface area contributed by atoms with E-state index in [9.17, 15) is 9.59 Å². The van der Waals surface area contributed by atoms with Gasteiger partial charge in [0.2, 0.25) is 11.8 Å². The molecular weight excluding hydrogens is 322 g/mol. The minimum absolute atomic E-state index is 0.128. The van der Waals surface area contributed by atoms with Gasteiger partial charge in [-0.2, -0.15) is 0 Å². The Labute approximate surface area is 146 Å². The highest BCUT2D eigenvalue weighted by Gasteiger charge is 2.16. The number of aromatic nitrogens is 1. The van der Waals surface area contributed by atoms with Crippen molar-refractivity contribution in [3.05, 3.63) is 53.7 Å². The van der Waals surface area contributed by atoms with Gasteiger partial charge in [-0.25, -0.2) is 4.98 Å². The Hall–Kier alpha value is -2.34. The van der Waals surface area contributed by atoms with Gasteiger partial charge in [0.25, 0.3) is 0 Å². The highest BCUT2D eigenvalue weighted by atomic mass is 32.2. The van der Waals surface area contributed by atoms with Crippen molar-refractivity contribution < 1.29 is 9.59 Å². The number of benzene rings is 1. The average Bonchev–Trinajstić information content (AvgIpc) is 2.54. The molecular formula is C18H21N3O2S. The van der Waals surface area contributed by atoms with Gasteiger partial charge in [0.05, 0.1) is 11.0 Å². The number of rotatable bonds is 6. The van der Waals surface area contributed by atoms with Crippen molar-refractivity contribution in [2.24, 2.45) is 0 Å². The summed E-state index contributed by atoms with van der Waals surface area (Å²) in [5.41, 5.74) is 2.73. The van der Waals surface area contributed by atoms with E-state index in [-0.39, 0.29) is 22.8 Å². The molecule has 2 amide bonds. The molecule has 2 N–H and O–H groups in total. The zero-order valence-corrected chi connectivity index (χ0v) is 14.8. The number of thioether (sulfide) groups is 1. The molecule has 0 aliphatic carbocycles. The van der Waals surface area contributed by atoms with Crippen LogP contribution >= 0.6 is 11.8 Å². The lowest BCUT2D eigenvalue weighted by Crippen LogP contribution is -2.25. The number of amides is 2. The molecule has 126 valence electrons. The Morgan fingerprint density at radius 2 is 1.79 bits per heavy atom. The number of aryl methyl sites for hydroxylation is 2. The van der Waals surface area contributed by atoms with Crippen LogP contribution in [0.1, 0.15) is 18.2 Å². The zero-order valence-electron chi connectivity index (χ0n) is 14.0. The lowest BCUT2D eigenvalue weighted by molar-refractivity contribution is -0.115. The second-order valence-electron chi connectivity index (χ2n) is 5.52. The molecule has 1 aromatic heterocycles. The Morgan fingerprint density at radius 1 is 1.08 bits per heavy atom. The van der Waals surface area contributed by atoms with E-state index in [0.717, 1.165) is 16.9 Å². The second-order valence-corrected chi connectivity index (χ2v) is 6.85. The first-order chi connectivity index (χ1) is 11.4. The van der Waals surface area contributed by atoms with Crippen LogP contribution in [0.3, 0.4) is 0 Å². The van der Waals surface area contributed by atoms with Crippen LogP contribution in [0.4, 0.5) is 11.5 Å². The van der Waals surface area contributed by atoms with Crippen molar-refractivity contribution in [2.45, 2.75) is 26.0 Å². The maximum absolute atomic E-state index is 12.1. The van der Waals surface area contributed by atoms with E-state index in [1.165, 1.54) is 11.8 Å². The van der Waals surface area contributed by atoms with Gasteiger partial charge in [0.1, 0.15) is 5.82 Å². The molecule has 0 fully saturated rings. The summed E-state index contributed by atoms with van der Waals surface area (Å²) in [5.74, 6) is 0.443. The molecule has 5 nitrogen and oxygen atoms in total. The van der Waals surface area contributed by atoms with E-state index in [0.29, 0.717) is 5.82 Å². The Bertz CT molecular complexity index is 716. The Morgan fingerprint density at radius 3 is 2.46 bits per heavy atom. The van der Waals surface area contributed by atoms with Crippen LogP contribution in [0.25, 0.3) is 0 Å². The molecule has 2 rings (SSSR count). The number of nitrogens with one attached hydrogen (secondary N) is 2. The lowest BCUT2D eigenvalue weighted by atomic mass is 10.2. The SMILES string of the molecule is Cc1ccc(NC(=O)CSC(C)C(=O)Nc2cccc(C)n2)cc1. The summed E-state index contributed by atoms with van der Waals surface area (Å²) >= 11 is 1.29. The van der Waals surface area contributed by atoms with Gasteiger partial charge < -0.3 is 10.6 Å². The quantitative estimate of drug-likeness (QED) is 0.843. The molecule has 6 heteroatoms. The number of hydrogen-bond donors (Lipinski definition) is 2. The fourth-order valence-corrected chi connectivity index (χ4v) is 2.63. The molecule has 2 aromatic rings. The molecule has 1 unspecified atom stereocenters. The minimum atomic E-state index is -0.351. The summed E-state index contributed by atoms with van der Waals surface area (Å²) in [5, 5.41) is 5.23. The molecule has 0 aliphatic rings. The topological polar surface area (TPSA) is 71.1 Å². The Kier molecular flexibility index (Phi) is 6.37. The van der Waals surface area contributed by atoms with Crippen LogP contribution in [0.5, 0.6) is 0 Å². The average molecular weight is 343 g/mol. The number of nitrogens with zero attached hydrogens (tertiary/aromatic N) is 1. The van der Waals surface area contributed by atoms with Crippen molar-refractivity contribution in [1.29, 1.82) is 0 Å². The summed E-state index contributed by atoms with van der Waals surface area (Å²) < 4.78 is 0. The van der Waals surface area contributed by atoms with Gasteiger partial charge in [-0.3, -0.25) is 9.59 Å². The summed E-state index contributed by atoms with van der Waals surface area (Å²) in [6.45, 7) is 5.63. The molecule has 1 atom stereocenters. The normalized spacial score (nSPS) is 11.6. The van der Waals surface area contributed by atoms with Gasteiger partial charge in [-0.15, -0.1) is 11.8 Å². The molecule has 0 radical (unpaired) electrons. The van der Waals surface area contributed by atoms with Crippen molar-refractivity contribution >= 4 is 35.1 Å². The van der Waals surface area contributed by atoms with E-state index in [4.69, 9.17) is 0 Å². The molecule has 0 spiro atoms. The third-order valence-electron chi connectivity index (χ3n) is 3.31. The van der Waals surface area contributed by atoms with Gasteiger partial charge in [-0.05, 0) is 45.0 Å². The first kappa shape index (κ1) is 18.0. The van der Waals surface area contributed by atoms with Crippen LogP contribution in [0, 0.1) is 13.8 Å². The van der Waals surface area contributed by atoms with Crippen LogP contribution < -0.4 is 10.6 Å². The van der Waals surface area contributed by atoms with E-state index >= 15 is 0 Å². The highest BCUT2D eigenvalue weighted by Crippen LogP contribution is 2.15. The molecule has 0 saturated carbocycles. The van der Waals surface area contributed by atoms with E-state index in [1.807, 2.05) is 50.2 Å². The number of anilines is 2. The molecule has 1 heterocycles. The first-order valence-corrected chi connectivity index (χ1v) is 8.71. The number of pyridine rings is 1. The highest BCUT2D eigenvalue weighted by molar-refractivity contribution is 8.01. The standard InChI is InChI=1S/C18H21N3O2S/c1-12-7-9-15(10-8-12)20-17(22)11-24-14(3)18(23)21-16-6-4-5-13(2)19-16/h4-10,14H,11H2,1-3H3,(H,20,22)(H,19,21,23). The largest absolute Gasteiger partial charge is 0.325 e. The van der Waals surface area contributed by atoms with Crippen LogP contribution in [-0.2, 0) is 9.59 Å². The number of hydrogen-bond acceptors (Lipinski definition) is 4. The fraction of sp³-hybridized carbons (Fsp3) is 0.278. The summed E-state index contributed by atoms with van der Waals surface area (Å²) in [6.07, 6.45) is 0. The second kappa shape index (κ2) is 8.49. The van der Waals surface area contributed by atoms with Crippen LogP contribution in [-0.4, -0.2) is 27.8 Å². The smallest absolute Gasteiger partial charge is 0.238 e. The maximum atomic E-state index is 12.1. The van der Waals surface area contributed by atoms with Gasteiger partial charge in [0.15, 0.2) is 0 Å². The molecule has 0 saturated heterocycles. The van der Waals surface area contributed by atoms with E-state index < -0.39 is 0 Å². The van der Waals surface area contributed by atoms with Gasteiger partial charge in [-0.1, -0.05) is 23.8 Å². The molecule has 0 aliphatic heterocycles. The first-order valence-electron chi connectivity index (χ1n) is 7.66. The lowest BCUT2D eigenvalue weighted by Gasteiger charge is -2.12. The predicted octanol–water partition coefficient (Wildman–Crippen LogP) is 3.40. The molecule has 1 aromatic carbocycles. The van der Waals surface area contributed by atoms with E-state index in [2.05, 4.69) is 15.6 Å². The van der Waals surface area contributed by atoms with Crippen molar-refractivity contribution in [3.8, 4) is 0 Å². The monoisotopic (exact) mass is 343 g/mol. The molecule has 24 heavy (non-hydrogen) atoms. The van der Waals surface area contributed by atoms with Crippen LogP contribution in [0.2, 0.25) is 0 Å². The minimum Gasteiger partial charge on any atom is -0.325 e. The van der Waals surface area contributed by atoms with Crippen molar-refractivity contribution in [3.63, 3.8) is 0 Å². The van der Waals surface area contributed by atoms with Gasteiger partial charge >= 0.3 is 0 Å². The van der Waals surface area contributed by atoms with E-state index in [1.54, 1.807) is 13.0 Å². The van der Waals surface area contributed by atoms with Crippen molar-refractivity contribution in [1.82, 2.24) is 4.98 Å². The fourth-order valence-electron chi connectivity index (χ4n) is 1.95. The zero-order chi connectivity index (χ0) is 17.5. The van der Waals surface area contributed by atoms with Crippen molar-refractivity contribution in [2.75, 3.05) is 16.4 Å². The third-order valence-corrected chi connectivity index (χ3v) is 4.45. The van der Waals surface area contributed by atoms with Gasteiger partial charge in [0, 0.05) is 11.4 Å². The number of carbonyl (C=O) groups is 2. The van der Waals surface area contributed by atoms with Crippen LogP contribution in [0.15, 0.2) is 42.5 Å². The molecule has 0 bridgehead atoms. The predicted molar refractivity (Wildman–Crippen MR) is 99.3 cm³/mol.